The molecule has 6 nitrogen and oxygen atoms in total. The molecular formula is C6H12O6. The van der Waals surface area contributed by atoms with E-state index in [-0.39, 0.29) is 0 Å². The van der Waals surface area contributed by atoms with Gasteiger partial charge in [-0.3, -0.25) is 0 Å². The monoisotopic (exact) mass is 181 g/mol. The standard InChI is InChI=1S/C6H12O6/c7-1-2-3(8)4(9)5(10)6(11)12-2/h2-11H,1H2/t2-,3-,4+,5-,6?/m1/s1/i5D. The van der Waals surface area contributed by atoms with Gasteiger partial charge in [0.2, 0.25) is 0 Å². The summed E-state index contributed by atoms with van der Waals surface area (Å²) in [4.78, 5) is 0. The van der Waals surface area contributed by atoms with Gasteiger partial charge in [0.05, 0.1) is 7.98 Å². The SMILES string of the molecule is [2H][C@]1(O)C(O)O[C@H](CO)[C@@H](O)[C@@H]1O. The Morgan fingerprint density at radius 2 is 1.75 bits per heavy atom. The van der Waals surface area contributed by atoms with Crippen LogP contribution in [0.2, 0.25) is 0 Å². The number of aliphatic hydroxyl groups excluding tert-OH is 4. The number of ether oxygens (including phenoxy) is 1. The van der Waals surface area contributed by atoms with E-state index in [0.717, 1.165) is 0 Å². The molecule has 0 radical (unpaired) electrons. The second-order valence-corrected chi connectivity index (χ2v) is 2.57. The van der Waals surface area contributed by atoms with Crippen molar-refractivity contribution in [2.75, 3.05) is 6.61 Å². The van der Waals surface area contributed by atoms with Crippen molar-refractivity contribution >= 4 is 0 Å². The Balaban J connectivity index is 2.79. The first-order valence-corrected chi connectivity index (χ1v) is 3.44. The van der Waals surface area contributed by atoms with Gasteiger partial charge in [-0.05, 0) is 0 Å². The van der Waals surface area contributed by atoms with Crippen LogP contribution in [0.25, 0.3) is 0 Å². The zero-order valence-corrected chi connectivity index (χ0v) is 6.16. The molecule has 1 fully saturated rings. The normalized spacial score (nSPS) is 56.6. The fourth-order valence-electron chi connectivity index (χ4n) is 0.991. The van der Waals surface area contributed by atoms with Crippen LogP contribution in [0.15, 0.2) is 0 Å². The molecule has 0 aromatic carbocycles. The lowest BCUT2D eigenvalue weighted by Crippen LogP contribution is -2.58. The van der Waals surface area contributed by atoms with Crippen molar-refractivity contribution < 1.29 is 31.6 Å². The maximum atomic E-state index is 9.16. The Hall–Kier alpha value is -0.240. The number of hydrogen-bond acceptors (Lipinski definition) is 6. The summed E-state index contributed by atoms with van der Waals surface area (Å²) in [6.45, 7) is -0.620. The Morgan fingerprint density at radius 3 is 2.25 bits per heavy atom. The minimum atomic E-state index is -2.68. The van der Waals surface area contributed by atoms with Gasteiger partial charge < -0.3 is 30.3 Å². The van der Waals surface area contributed by atoms with Crippen LogP contribution in [0.3, 0.4) is 0 Å². The predicted octanol–water partition coefficient (Wildman–Crippen LogP) is -3.22. The van der Waals surface area contributed by atoms with Crippen LogP contribution in [0.5, 0.6) is 0 Å². The molecule has 0 saturated carbocycles. The minimum Gasteiger partial charge on any atom is -0.394 e. The van der Waals surface area contributed by atoms with Gasteiger partial charge in [-0.1, -0.05) is 0 Å². The highest BCUT2D eigenvalue weighted by Crippen LogP contribution is 2.18. The number of hydrogen-bond donors (Lipinski definition) is 5. The maximum Gasteiger partial charge on any atom is 0.184 e. The lowest BCUT2D eigenvalue weighted by molar-refractivity contribution is -0.286. The van der Waals surface area contributed by atoms with Crippen LogP contribution in [-0.2, 0) is 4.74 Å². The molecule has 72 valence electrons. The average molecular weight is 181 g/mol. The van der Waals surface area contributed by atoms with Crippen molar-refractivity contribution in [3.8, 4) is 0 Å². The van der Waals surface area contributed by atoms with E-state index in [1.807, 2.05) is 0 Å². The Bertz CT molecular complexity index is 186. The van der Waals surface area contributed by atoms with Gasteiger partial charge in [0.1, 0.15) is 24.4 Å². The molecule has 1 aliphatic heterocycles. The summed E-state index contributed by atoms with van der Waals surface area (Å²) in [5.74, 6) is 0. The maximum absolute atomic E-state index is 9.16. The van der Waals surface area contributed by atoms with E-state index in [9.17, 15) is 0 Å². The van der Waals surface area contributed by atoms with Gasteiger partial charge in [0.25, 0.3) is 0 Å². The first-order chi connectivity index (χ1) is 5.91. The van der Waals surface area contributed by atoms with Crippen LogP contribution in [-0.4, -0.2) is 62.8 Å². The largest absolute Gasteiger partial charge is 0.394 e. The molecule has 1 aliphatic rings. The summed E-state index contributed by atoms with van der Waals surface area (Å²) in [5, 5.41) is 45.0. The molecule has 1 saturated heterocycles. The van der Waals surface area contributed by atoms with Crippen molar-refractivity contribution in [1.29, 1.82) is 0 Å². The van der Waals surface area contributed by atoms with Crippen molar-refractivity contribution in [3.63, 3.8) is 0 Å². The zero-order chi connectivity index (χ0) is 10.2. The van der Waals surface area contributed by atoms with Crippen LogP contribution in [0.1, 0.15) is 1.37 Å². The van der Waals surface area contributed by atoms with Crippen LogP contribution in [0.4, 0.5) is 0 Å². The summed E-state index contributed by atoms with van der Waals surface area (Å²) in [5.41, 5.74) is 0. The minimum absolute atomic E-state index is 0.620. The van der Waals surface area contributed by atoms with Crippen molar-refractivity contribution in [2.45, 2.75) is 30.7 Å². The third-order valence-electron chi connectivity index (χ3n) is 1.74. The first-order valence-electron chi connectivity index (χ1n) is 3.94. The lowest BCUT2D eigenvalue weighted by Gasteiger charge is -2.37. The predicted molar refractivity (Wildman–Crippen MR) is 36.0 cm³/mol. The molecule has 6 heteroatoms. The summed E-state index contributed by atoms with van der Waals surface area (Å²) in [6.07, 6.45) is -9.31. The van der Waals surface area contributed by atoms with Gasteiger partial charge in [0, 0.05) is 0 Å². The molecule has 12 heavy (non-hydrogen) atoms. The van der Waals surface area contributed by atoms with Crippen LogP contribution < -0.4 is 0 Å². The molecule has 0 bridgehead atoms. The molecule has 5 atom stereocenters. The van der Waals surface area contributed by atoms with Gasteiger partial charge in [0.15, 0.2) is 6.29 Å². The summed E-state index contributed by atoms with van der Waals surface area (Å²) in [6, 6.07) is 0. The quantitative estimate of drug-likeness (QED) is 0.291. The molecule has 0 aromatic heterocycles. The van der Waals surface area contributed by atoms with E-state index < -0.39 is 37.3 Å². The molecule has 5 N–H and O–H groups in total. The van der Waals surface area contributed by atoms with E-state index in [0.29, 0.717) is 0 Å². The Kier molecular flexibility index (Phi) is 2.54. The summed E-state index contributed by atoms with van der Waals surface area (Å²) >= 11 is 0. The van der Waals surface area contributed by atoms with Crippen molar-refractivity contribution in [1.82, 2.24) is 0 Å². The van der Waals surface area contributed by atoms with Gasteiger partial charge >= 0.3 is 0 Å². The number of rotatable bonds is 1. The number of aliphatic hydroxyl groups is 5. The fourth-order valence-corrected chi connectivity index (χ4v) is 0.991. The van der Waals surface area contributed by atoms with E-state index in [1.54, 1.807) is 0 Å². The van der Waals surface area contributed by atoms with Crippen LogP contribution in [0, 0.1) is 0 Å². The highest BCUT2D eigenvalue weighted by Gasteiger charge is 2.42. The second kappa shape index (κ2) is 3.65. The van der Waals surface area contributed by atoms with Crippen molar-refractivity contribution in [2.24, 2.45) is 0 Å². The first kappa shape index (κ1) is 8.36. The molecule has 0 aliphatic carbocycles. The lowest BCUT2D eigenvalue weighted by atomic mass is 10.00. The van der Waals surface area contributed by atoms with E-state index in [2.05, 4.69) is 4.74 Å². The van der Waals surface area contributed by atoms with Gasteiger partial charge in [-0.2, -0.15) is 0 Å². The molecular weight excluding hydrogens is 168 g/mol. The molecule has 1 heterocycles. The molecule has 1 rings (SSSR count). The summed E-state index contributed by atoms with van der Waals surface area (Å²) < 4.78 is 11.5. The van der Waals surface area contributed by atoms with E-state index in [1.165, 1.54) is 0 Å². The molecule has 1 unspecified atom stereocenters. The molecule has 0 amide bonds. The van der Waals surface area contributed by atoms with Crippen LogP contribution >= 0.6 is 0 Å². The Morgan fingerprint density at radius 1 is 1.17 bits per heavy atom. The topological polar surface area (TPSA) is 110 Å². The molecule has 0 spiro atoms. The third-order valence-corrected chi connectivity index (χ3v) is 1.74. The molecule has 0 aromatic rings. The van der Waals surface area contributed by atoms with Gasteiger partial charge in [-0.15, -0.1) is 0 Å². The third kappa shape index (κ3) is 1.58. The van der Waals surface area contributed by atoms with E-state index >= 15 is 0 Å². The van der Waals surface area contributed by atoms with Gasteiger partial charge in [-0.25, -0.2) is 0 Å². The zero-order valence-electron chi connectivity index (χ0n) is 7.16. The summed E-state index contributed by atoms with van der Waals surface area (Å²) in [7, 11) is 0. The second-order valence-electron chi connectivity index (χ2n) is 2.57. The average Bonchev–Trinajstić information content (AvgIpc) is 2.09. The van der Waals surface area contributed by atoms with E-state index in [4.69, 9.17) is 26.9 Å². The smallest absolute Gasteiger partial charge is 0.184 e. The fraction of sp³-hybridized carbons (Fsp3) is 1.00. The highest BCUT2D eigenvalue weighted by atomic mass is 16.6. The Labute approximate surface area is 70.0 Å². The highest BCUT2D eigenvalue weighted by molar-refractivity contribution is 4.87. The van der Waals surface area contributed by atoms with Crippen molar-refractivity contribution in [3.05, 3.63) is 0 Å².